The Morgan fingerprint density at radius 2 is 2.05 bits per heavy atom. The first-order valence-corrected chi connectivity index (χ1v) is 7.49. The van der Waals surface area contributed by atoms with Crippen molar-refractivity contribution in [3.8, 4) is 11.4 Å². The van der Waals surface area contributed by atoms with Crippen LogP contribution in [0.1, 0.15) is 11.3 Å². The molecule has 4 nitrogen and oxygen atoms in total. The van der Waals surface area contributed by atoms with Gasteiger partial charge in [-0.3, -0.25) is 0 Å². The van der Waals surface area contributed by atoms with Crippen LogP contribution in [-0.4, -0.2) is 9.97 Å². The van der Waals surface area contributed by atoms with Crippen molar-refractivity contribution in [2.75, 3.05) is 5.43 Å². The Bertz CT molecular complexity index is 648. The Labute approximate surface area is 124 Å². The highest BCUT2D eigenvalue weighted by molar-refractivity contribution is 7.98. The summed E-state index contributed by atoms with van der Waals surface area (Å²) >= 11 is 14.0. The highest BCUT2D eigenvalue weighted by Gasteiger charge is 2.20. The van der Waals surface area contributed by atoms with Crippen molar-refractivity contribution in [1.82, 2.24) is 9.97 Å². The molecule has 0 saturated carbocycles. The van der Waals surface area contributed by atoms with E-state index >= 15 is 0 Å². The number of rotatable bonds is 2. The number of nitrogens with two attached hydrogens (primary N) is 1. The van der Waals surface area contributed by atoms with E-state index in [2.05, 4.69) is 15.4 Å². The minimum absolute atomic E-state index is 0.543. The zero-order chi connectivity index (χ0) is 13.4. The fourth-order valence-corrected chi connectivity index (χ4v) is 3.38. The van der Waals surface area contributed by atoms with E-state index in [-0.39, 0.29) is 0 Å². The Morgan fingerprint density at radius 1 is 1.21 bits per heavy atom. The zero-order valence-electron chi connectivity index (χ0n) is 9.78. The van der Waals surface area contributed by atoms with E-state index in [1.807, 2.05) is 0 Å². The summed E-state index contributed by atoms with van der Waals surface area (Å²) in [6, 6.07) is 5.23. The Balaban J connectivity index is 2.18. The number of fused-ring (bicyclic) bond motifs is 1. The van der Waals surface area contributed by atoms with Crippen molar-refractivity contribution in [2.24, 2.45) is 5.84 Å². The molecule has 98 valence electrons. The first-order valence-electron chi connectivity index (χ1n) is 5.58. The molecule has 0 aliphatic carbocycles. The van der Waals surface area contributed by atoms with Gasteiger partial charge >= 0.3 is 0 Å². The number of thioether (sulfide) groups is 1. The number of benzene rings is 1. The average Bonchev–Trinajstić information content (AvgIpc) is 2.88. The average molecular weight is 313 g/mol. The molecular formula is C12H10Cl2N4S. The highest BCUT2D eigenvalue weighted by Crippen LogP contribution is 2.36. The molecule has 0 spiro atoms. The smallest absolute Gasteiger partial charge is 0.163 e. The lowest BCUT2D eigenvalue weighted by Crippen LogP contribution is -2.12. The number of nitrogens with one attached hydrogen (secondary N) is 1. The molecule has 0 fully saturated rings. The van der Waals surface area contributed by atoms with Crippen molar-refractivity contribution in [3.63, 3.8) is 0 Å². The number of hydrazine groups is 1. The van der Waals surface area contributed by atoms with Gasteiger partial charge in [-0.05, 0) is 18.2 Å². The molecular weight excluding hydrogens is 303 g/mol. The molecule has 0 atom stereocenters. The molecule has 2 aromatic rings. The van der Waals surface area contributed by atoms with E-state index in [0.717, 1.165) is 22.8 Å². The van der Waals surface area contributed by atoms with E-state index in [9.17, 15) is 0 Å². The SMILES string of the molecule is NNc1nc(-c2cc(Cl)ccc2Cl)nc2c1CSC2. The number of nitrogens with zero attached hydrogens (tertiary/aromatic N) is 2. The van der Waals surface area contributed by atoms with Crippen LogP contribution in [0.15, 0.2) is 18.2 Å². The van der Waals surface area contributed by atoms with Crippen molar-refractivity contribution in [3.05, 3.63) is 39.5 Å². The minimum Gasteiger partial charge on any atom is -0.308 e. The molecule has 0 radical (unpaired) electrons. The van der Waals surface area contributed by atoms with Gasteiger partial charge in [-0.25, -0.2) is 15.8 Å². The van der Waals surface area contributed by atoms with Gasteiger partial charge in [0.2, 0.25) is 0 Å². The van der Waals surface area contributed by atoms with Crippen LogP contribution >= 0.6 is 35.0 Å². The monoisotopic (exact) mass is 312 g/mol. The largest absolute Gasteiger partial charge is 0.308 e. The van der Waals surface area contributed by atoms with Crippen LogP contribution in [-0.2, 0) is 11.5 Å². The summed E-state index contributed by atoms with van der Waals surface area (Å²) in [5, 5.41) is 1.16. The maximum absolute atomic E-state index is 6.18. The van der Waals surface area contributed by atoms with Gasteiger partial charge in [-0.2, -0.15) is 11.8 Å². The molecule has 0 amide bonds. The second-order valence-corrected chi connectivity index (χ2v) is 5.91. The summed E-state index contributed by atoms with van der Waals surface area (Å²) in [5.74, 6) is 8.46. The van der Waals surface area contributed by atoms with E-state index in [4.69, 9.17) is 29.0 Å². The normalized spacial score (nSPS) is 13.4. The van der Waals surface area contributed by atoms with Gasteiger partial charge in [0.15, 0.2) is 5.82 Å². The van der Waals surface area contributed by atoms with Crippen LogP contribution in [0.3, 0.4) is 0 Å². The third-order valence-corrected chi connectivity index (χ3v) is 4.42. The van der Waals surface area contributed by atoms with Crippen molar-refractivity contribution in [2.45, 2.75) is 11.5 Å². The molecule has 0 saturated heterocycles. The molecule has 3 rings (SSSR count). The summed E-state index contributed by atoms with van der Waals surface area (Å²) in [4.78, 5) is 8.99. The molecule has 0 bridgehead atoms. The van der Waals surface area contributed by atoms with Crippen LogP contribution in [0, 0.1) is 0 Å². The van der Waals surface area contributed by atoms with E-state index in [1.165, 1.54) is 0 Å². The molecule has 2 heterocycles. The molecule has 1 aliphatic heterocycles. The van der Waals surface area contributed by atoms with Crippen LogP contribution in [0.5, 0.6) is 0 Å². The number of aromatic nitrogens is 2. The number of anilines is 1. The molecule has 1 aromatic carbocycles. The molecule has 3 N–H and O–H groups in total. The maximum Gasteiger partial charge on any atom is 0.163 e. The predicted octanol–water partition coefficient (Wildman–Crippen LogP) is 3.48. The molecule has 19 heavy (non-hydrogen) atoms. The van der Waals surface area contributed by atoms with Crippen molar-refractivity contribution >= 4 is 40.8 Å². The van der Waals surface area contributed by atoms with Crippen LogP contribution < -0.4 is 11.3 Å². The van der Waals surface area contributed by atoms with E-state index in [1.54, 1.807) is 30.0 Å². The van der Waals surface area contributed by atoms with Gasteiger partial charge in [-0.15, -0.1) is 0 Å². The third kappa shape index (κ3) is 2.39. The van der Waals surface area contributed by atoms with Crippen molar-refractivity contribution < 1.29 is 0 Å². The topological polar surface area (TPSA) is 63.8 Å². The van der Waals surface area contributed by atoms with Gasteiger partial charge in [-0.1, -0.05) is 23.2 Å². The van der Waals surface area contributed by atoms with Crippen LogP contribution in [0.25, 0.3) is 11.4 Å². The van der Waals surface area contributed by atoms with Crippen LogP contribution in [0.2, 0.25) is 10.0 Å². The van der Waals surface area contributed by atoms with Gasteiger partial charge < -0.3 is 5.43 Å². The molecule has 1 aromatic heterocycles. The van der Waals surface area contributed by atoms with Gasteiger partial charge in [0.1, 0.15) is 5.82 Å². The van der Waals surface area contributed by atoms with Crippen LogP contribution in [0.4, 0.5) is 5.82 Å². The lowest BCUT2D eigenvalue weighted by molar-refractivity contribution is 1.06. The first-order chi connectivity index (χ1) is 9.19. The second-order valence-electron chi connectivity index (χ2n) is 4.08. The summed E-state index contributed by atoms with van der Waals surface area (Å²) < 4.78 is 0. The minimum atomic E-state index is 0.543. The summed E-state index contributed by atoms with van der Waals surface area (Å²) in [6.45, 7) is 0. The van der Waals surface area contributed by atoms with Gasteiger partial charge in [0.25, 0.3) is 0 Å². The lowest BCUT2D eigenvalue weighted by Gasteiger charge is -2.10. The lowest BCUT2D eigenvalue weighted by atomic mass is 10.2. The number of nitrogen functional groups attached to an aromatic ring is 1. The Morgan fingerprint density at radius 3 is 2.84 bits per heavy atom. The van der Waals surface area contributed by atoms with Gasteiger partial charge in [0.05, 0.1) is 10.7 Å². The molecule has 1 aliphatic rings. The summed E-state index contributed by atoms with van der Waals surface area (Å²) in [6.07, 6.45) is 0. The number of hydrogen-bond donors (Lipinski definition) is 2. The Hall–Kier alpha value is -1.01. The number of hydrogen-bond acceptors (Lipinski definition) is 5. The fraction of sp³-hybridized carbons (Fsp3) is 0.167. The van der Waals surface area contributed by atoms with E-state index in [0.29, 0.717) is 27.3 Å². The van der Waals surface area contributed by atoms with Gasteiger partial charge in [0, 0.05) is 27.7 Å². The summed E-state index contributed by atoms with van der Waals surface area (Å²) in [7, 11) is 0. The standard InChI is InChI=1S/C12H10Cl2N4S/c13-6-1-2-9(14)7(3-6)11-16-10-5-19-4-8(10)12(17-11)18-15/h1-3H,4-5,15H2,(H,16,17,18). The predicted molar refractivity (Wildman–Crippen MR) is 80.3 cm³/mol. The first kappa shape index (κ1) is 13.0. The summed E-state index contributed by atoms with van der Waals surface area (Å²) in [5.41, 5.74) is 5.41. The molecule has 7 heteroatoms. The maximum atomic E-state index is 6.18. The number of halogens is 2. The van der Waals surface area contributed by atoms with E-state index < -0.39 is 0 Å². The van der Waals surface area contributed by atoms with Crippen molar-refractivity contribution in [1.29, 1.82) is 0 Å². The Kier molecular flexibility index (Phi) is 3.54. The quantitative estimate of drug-likeness (QED) is 0.656. The highest BCUT2D eigenvalue weighted by atomic mass is 35.5. The fourth-order valence-electron chi connectivity index (χ4n) is 1.96. The molecule has 0 unspecified atom stereocenters. The second kappa shape index (κ2) is 5.17. The third-order valence-electron chi connectivity index (χ3n) is 2.88. The zero-order valence-corrected chi connectivity index (χ0v) is 12.1.